The lowest BCUT2D eigenvalue weighted by Crippen LogP contribution is -2.27. The first-order valence-corrected chi connectivity index (χ1v) is 13.1. The van der Waals surface area contributed by atoms with Crippen LogP contribution < -0.4 is 5.73 Å². The second-order valence-electron chi connectivity index (χ2n) is 10.5. The first kappa shape index (κ1) is 29.8. The number of carbonyl (C=O) groups is 2. The van der Waals surface area contributed by atoms with Crippen LogP contribution >= 0.6 is 7.82 Å². The molecule has 3 heterocycles. The van der Waals surface area contributed by atoms with E-state index in [-0.39, 0.29) is 17.8 Å². The summed E-state index contributed by atoms with van der Waals surface area (Å²) in [6, 6.07) is 0. The van der Waals surface area contributed by atoms with Crippen LogP contribution in [0.15, 0.2) is 6.33 Å². The van der Waals surface area contributed by atoms with Gasteiger partial charge in [0.25, 0.3) is 0 Å². The van der Waals surface area contributed by atoms with Crippen LogP contribution in [0.3, 0.4) is 0 Å². The predicted octanol–water partition coefficient (Wildman–Crippen LogP) is 1.70. The number of nitrogens with zero attached hydrogens (tertiary/aromatic N) is 5. The summed E-state index contributed by atoms with van der Waals surface area (Å²) >= 11 is 0. The lowest BCUT2D eigenvalue weighted by Gasteiger charge is -2.23. The zero-order valence-electron chi connectivity index (χ0n) is 22.0. The Bertz CT molecular complexity index is 1160. The normalized spacial score (nSPS) is 20.6. The van der Waals surface area contributed by atoms with E-state index in [9.17, 15) is 19.3 Å². The summed E-state index contributed by atoms with van der Waals surface area (Å²) < 4.78 is 45.9. The SMILES string of the molecule is CC(C)(C)C(=O)OCOP(=O)(OCOC(=O)C(C)(C)C)OC[C@H]1O[C@@H](n2nnc3c(N)ncnc32)C[C@H]1O. The molecule has 38 heavy (non-hydrogen) atoms. The summed E-state index contributed by atoms with van der Waals surface area (Å²) in [7, 11) is -4.46. The maximum absolute atomic E-state index is 13.2. The first-order valence-electron chi connectivity index (χ1n) is 11.6. The Morgan fingerprint density at radius 2 is 1.66 bits per heavy atom. The number of ether oxygens (including phenoxy) is 3. The van der Waals surface area contributed by atoms with Crippen molar-refractivity contribution in [1.82, 2.24) is 25.0 Å². The Morgan fingerprint density at radius 3 is 2.21 bits per heavy atom. The van der Waals surface area contributed by atoms with Gasteiger partial charge < -0.3 is 25.1 Å². The third-order valence-electron chi connectivity index (χ3n) is 5.19. The molecule has 0 radical (unpaired) electrons. The zero-order valence-corrected chi connectivity index (χ0v) is 22.9. The van der Waals surface area contributed by atoms with Gasteiger partial charge in [-0.15, -0.1) is 5.10 Å². The average molecular weight is 561 g/mol. The molecule has 3 rings (SSSR count). The van der Waals surface area contributed by atoms with Gasteiger partial charge in [-0.05, 0) is 41.5 Å². The molecule has 0 aliphatic carbocycles. The Morgan fingerprint density at radius 1 is 1.08 bits per heavy atom. The van der Waals surface area contributed by atoms with Crippen molar-refractivity contribution in [3.8, 4) is 0 Å². The number of nitrogens with two attached hydrogens (primary N) is 1. The van der Waals surface area contributed by atoms with Crippen LogP contribution in [0.1, 0.15) is 54.2 Å². The topological polar surface area (TPSA) is 209 Å². The molecule has 2 aromatic rings. The lowest BCUT2D eigenvalue weighted by atomic mass is 9.98. The minimum Gasteiger partial charge on any atom is -0.437 e. The maximum atomic E-state index is 13.2. The van der Waals surface area contributed by atoms with Gasteiger partial charge in [-0.1, -0.05) is 5.21 Å². The minimum atomic E-state index is -4.46. The number of aromatic nitrogens is 5. The highest BCUT2D eigenvalue weighted by atomic mass is 31.2. The van der Waals surface area contributed by atoms with Crippen molar-refractivity contribution in [2.24, 2.45) is 10.8 Å². The van der Waals surface area contributed by atoms with E-state index in [2.05, 4.69) is 20.3 Å². The van der Waals surface area contributed by atoms with Crippen molar-refractivity contribution in [3.63, 3.8) is 0 Å². The summed E-state index contributed by atoms with van der Waals surface area (Å²) in [4.78, 5) is 32.0. The number of aliphatic hydroxyl groups excluding tert-OH is 1. The molecule has 0 amide bonds. The molecule has 16 nitrogen and oxygen atoms in total. The molecule has 17 heteroatoms. The third kappa shape index (κ3) is 7.42. The molecule has 212 valence electrons. The quantitative estimate of drug-likeness (QED) is 0.241. The number of phosphoric acid groups is 1. The van der Waals surface area contributed by atoms with Crippen LogP contribution in [-0.4, -0.2) is 74.4 Å². The average Bonchev–Trinajstić information content (AvgIpc) is 3.40. The van der Waals surface area contributed by atoms with Crippen LogP contribution in [0, 0.1) is 10.8 Å². The minimum absolute atomic E-state index is 0.0782. The fraction of sp³-hybridized carbons (Fsp3) is 0.714. The van der Waals surface area contributed by atoms with Crippen LogP contribution in [0.25, 0.3) is 11.2 Å². The Labute approximate surface area is 218 Å². The van der Waals surface area contributed by atoms with Crippen LogP contribution in [0.4, 0.5) is 5.82 Å². The van der Waals surface area contributed by atoms with Crippen molar-refractivity contribution >= 4 is 36.7 Å². The highest BCUT2D eigenvalue weighted by Gasteiger charge is 2.40. The van der Waals surface area contributed by atoms with Gasteiger partial charge in [0.15, 0.2) is 23.2 Å². The Hall–Kier alpha value is -2.75. The molecular weight excluding hydrogens is 527 g/mol. The fourth-order valence-corrected chi connectivity index (χ4v) is 3.90. The molecule has 0 unspecified atom stereocenters. The number of hydrogen-bond acceptors (Lipinski definition) is 15. The molecule has 1 aliphatic rings. The first-order chi connectivity index (χ1) is 17.6. The number of carbonyl (C=O) groups excluding carboxylic acids is 2. The highest BCUT2D eigenvalue weighted by Crippen LogP contribution is 2.50. The van der Waals surface area contributed by atoms with Gasteiger partial charge in [-0.2, -0.15) is 4.68 Å². The van der Waals surface area contributed by atoms with Gasteiger partial charge in [-0.3, -0.25) is 14.1 Å². The summed E-state index contributed by atoms with van der Waals surface area (Å²) in [5, 5.41) is 18.4. The van der Waals surface area contributed by atoms with Gasteiger partial charge in [0, 0.05) is 6.42 Å². The number of aliphatic hydroxyl groups is 1. The number of phosphoric ester groups is 1. The second-order valence-corrected chi connectivity index (χ2v) is 12.2. The van der Waals surface area contributed by atoms with E-state index >= 15 is 0 Å². The Balaban J connectivity index is 1.64. The molecule has 0 bridgehead atoms. The van der Waals surface area contributed by atoms with E-state index in [0.29, 0.717) is 5.65 Å². The molecule has 0 saturated carbocycles. The largest absolute Gasteiger partial charge is 0.480 e. The number of esters is 2. The number of nitrogen functional groups attached to an aromatic ring is 1. The highest BCUT2D eigenvalue weighted by molar-refractivity contribution is 7.48. The predicted molar refractivity (Wildman–Crippen MR) is 129 cm³/mol. The molecule has 0 spiro atoms. The van der Waals surface area contributed by atoms with Crippen LogP contribution in [-0.2, 0) is 41.9 Å². The number of rotatable bonds is 10. The number of fused-ring (bicyclic) bond motifs is 1. The molecule has 3 atom stereocenters. The maximum Gasteiger partial charge on any atom is 0.480 e. The van der Waals surface area contributed by atoms with Crippen molar-refractivity contribution in [2.75, 3.05) is 25.9 Å². The molecule has 1 aliphatic heterocycles. The van der Waals surface area contributed by atoms with Crippen molar-refractivity contribution in [2.45, 2.75) is 66.4 Å². The van der Waals surface area contributed by atoms with E-state index in [4.69, 9.17) is 33.5 Å². The summed E-state index contributed by atoms with van der Waals surface area (Å²) in [6.07, 6.45) is -1.53. The summed E-state index contributed by atoms with van der Waals surface area (Å²) in [5.74, 6) is -1.11. The second kappa shape index (κ2) is 11.6. The van der Waals surface area contributed by atoms with Crippen molar-refractivity contribution < 1.29 is 47.0 Å². The van der Waals surface area contributed by atoms with Crippen molar-refractivity contribution in [3.05, 3.63) is 6.33 Å². The van der Waals surface area contributed by atoms with Gasteiger partial charge in [0.05, 0.1) is 23.5 Å². The van der Waals surface area contributed by atoms with Gasteiger partial charge >= 0.3 is 19.8 Å². The van der Waals surface area contributed by atoms with Crippen molar-refractivity contribution in [1.29, 1.82) is 0 Å². The van der Waals surface area contributed by atoms with Crippen LogP contribution in [0.5, 0.6) is 0 Å². The van der Waals surface area contributed by atoms with Gasteiger partial charge in [-0.25, -0.2) is 23.6 Å². The molecule has 1 fully saturated rings. The number of anilines is 1. The molecule has 0 aromatic carbocycles. The fourth-order valence-electron chi connectivity index (χ4n) is 2.99. The van der Waals surface area contributed by atoms with E-state index in [1.165, 1.54) is 11.0 Å². The smallest absolute Gasteiger partial charge is 0.437 e. The number of hydrogen-bond donors (Lipinski definition) is 2. The lowest BCUT2D eigenvalue weighted by molar-refractivity contribution is -0.163. The van der Waals surface area contributed by atoms with E-state index in [0.717, 1.165) is 0 Å². The molecule has 2 aromatic heterocycles. The zero-order chi connectivity index (χ0) is 28.3. The van der Waals surface area contributed by atoms with E-state index in [1.807, 2.05) is 0 Å². The summed E-state index contributed by atoms with van der Waals surface area (Å²) in [6.45, 7) is 7.78. The molecule has 3 N–H and O–H groups in total. The summed E-state index contributed by atoms with van der Waals surface area (Å²) in [5.41, 5.74) is 4.68. The van der Waals surface area contributed by atoms with Gasteiger partial charge in [0.2, 0.25) is 13.6 Å². The van der Waals surface area contributed by atoms with E-state index < -0.39 is 69.2 Å². The monoisotopic (exact) mass is 560 g/mol. The molecule has 1 saturated heterocycles. The van der Waals surface area contributed by atoms with Crippen LogP contribution in [0.2, 0.25) is 0 Å². The Kier molecular flexibility index (Phi) is 9.06. The third-order valence-corrected chi connectivity index (χ3v) is 6.50. The standard InChI is InChI=1S/C21H33N6O10P/c1-20(2,3)18(29)32-10-35-38(31,36-11-33-19(30)21(4,5)6)34-8-13-12(28)7-14(37-13)27-17-15(25-26-27)16(22)23-9-24-17/h9,12-14,28H,7-8,10-11H2,1-6H3,(H2,22,23,24)/t12-,13-,14-/m1/s1. The van der Waals surface area contributed by atoms with Gasteiger partial charge in [0.1, 0.15) is 12.4 Å². The molecular formula is C21H33N6O10P. The van der Waals surface area contributed by atoms with E-state index in [1.54, 1.807) is 41.5 Å².